The second kappa shape index (κ2) is 4.64. The number of anilines is 1. The van der Waals surface area contributed by atoms with E-state index in [0.29, 0.717) is 16.7 Å². The minimum absolute atomic E-state index is 0.0107. The molecule has 0 aliphatic heterocycles. The van der Waals surface area contributed by atoms with Gasteiger partial charge in [0.05, 0.1) is 18.0 Å². The van der Waals surface area contributed by atoms with Crippen LogP contribution < -0.4 is 5.48 Å². The van der Waals surface area contributed by atoms with Crippen LogP contribution >= 0.6 is 0 Å². The summed E-state index contributed by atoms with van der Waals surface area (Å²) in [5, 5.41) is 11.3. The van der Waals surface area contributed by atoms with Crippen molar-refractivity contribution in [2.75, 3.05) is 12.6 Å². The van der Waals surface area contributed by atoms with Gasteiger partial charge in [0.25, 0.3) is 0 Å². The first-order valence-electron chi connectivity index (χ1n) is 5.74. The van der Waals surface area contributed by atoms with Gasteiger partial charge in [-0.2, -0.15) is 0 Å². The zero-order valence-corrected chi connectivity index (χ0v) is 10.5. The van der Waals surface area contributed by atoms with Crippen molar-refractivity contribution < 1.29 is 14.7 Å². The molecule has 3 rings (SSSR count). The Morgan fingerprint density at radius 2 is 2.25 bits per heavy atom. The van der Waals surface area contributed by atoms with Crippen LogP contribution in [-0.2, 0) is 4.84 Å². The summed E-state index contributed by atoms with van der Waals surface area (Å²) in [6, 6.07) is 8.69. The quantitative estimate of drug-likeness (QED) is 0.706. The largest absolute Gasteiger partial charge is 0.477 e. The van der Waals surface area contributed by atoms with Crippen molar-refractivity contribution in [3.05, 3.63) is 42.2 Å². The molecule has 6 nitrogen and oxygen atoms in total. The van der Waals surface area contributed by atoms with E-state index in [1.165, 1.54) is 13.2 Å². The fourth-order valence-electron chi connectivity index (χ4n) is 2.00. The van der Waals surface area contributed by atoms with Crippen molar-refractivity contribution in [2.24, 2.45) is 0 Å². The molecular formula is C14H9N3O3. The Bertz CT molecular complexity index is 817. The fraction of sp³-hybridized carbons (Fsp3) is 0.0714. The summed E-state index contributed by atoms with van der Waals surface area (Å²) >= 11 is 0. The molecule has 0 atom stereocenters. The van der Waals surface area contributed by atoms with Crippen LogP contribution in [0.5, 0.6) is 0 Å². The van der Waals surface area contributed by atoms with E-state index in [0.717, 1.165) is 10.8 Å². The monoisotopic (exact) mass is 267 g/mol. The van der Waals surface area contributed by atoms with E-state index in [4.69, 9.17) is 9.94 Å². The Balaban J connectivity index is 2.38. The smallest absolute Gasteiger partial charge is 0.344 e. The third kappa shape index (κ3) is 1.86. The minimum atomic E-state index is -1.07. The third-order valence-electron chi connectivity index (χ3n) is 2.87. The summed E-state index contributed by atoms with van der Waals surface area (Å²) < 4.78 is 0. The van der Waals surface area contributed by atoms with Crippen molar-refractivity contribution >= 4 is 33.5 Å². The molecule has 0 unspecified atom stereocenters. The molecule has 20 heavy (non-hydrogen) atoms. The number of hydrogen-bond acceptors (Lipinski definition) is 5. The van der Waals surface area contributed by atoms with Crippen LogP contribution in [0.1, 0.15) is 10.4 Å². The van der Waals surface area contributed by atoms with Gasteiger partial charge in [-0.15, -0.1) is 0 Å². The van der Waals surface area contributed by atoms with Crippen molar-refractivity contribution in [3.63, 3.8) is 0 Å². The first kappa shape index (κ1) is 12.1. The lowest BCUT2D eigenvalue weighted by molar-refractivity contribution is 0.0697. The average molecular weight is 267 g/mol. The molecule has 1 aromatic carbocycles. The number of hydrogen-bond donors (Lipinski definition) is 2. The number of carbonyl (C=O) groups is 1. The minimum Gasteiger partial charge on any atom is -0.477 e. The molecule has 0 aliphatic rings. The summed E-state index contributed by atoms with van der Waals surface area (Å²) in [4.78, 5) is 24.3. The van der Waals surface area contributed by atoms with Gasteiger partial charge < -0.3 is 5.11 Å². The Kier molecular flexibility index (Phi) is 2.82. The third-order valence-corrected chi connectivity index (χ3v) is 2.87. The molecule has 0 fully saturated rings. The van der Waals surface area contributed by atoms with Crippen LogP contribution in [0.4, 0.5) is 5.82 Å². The number of carboxylic acids is 1. The molecule has 0 aliphatic carbocycles. The summed E-state index contributed by atoms with van der Waals surface area (Å²) in [6.45, 7) is 0. The standard InChI is InChI=1S/C14H9N3O3/c1-20-17-13-10-4-5-15-7-11(10)9-3-2-8(14(18)19)6-12(9)16-13/h4-7H,1H3,(H,16,17)(H,18,19). The van der Waals surface area contributed by atoms with Crippen molar-refractivity contribution in [2.45, 2.75) is 0 Å². The summed E-state index contributed by atoms with van der Waals surface area (Å²) in [6.07, 6.45) is 3.32. The number of nitrogens with zero attached hydrogens (tertiary/aromatic N) is 2. The van der Waals surface area contributed by atoms with E-state index in [1.807, 2.05) is 0 Å². The lowest BCUT2D eigenvalue weighted by Gasteiger charge is -2.08. The van der Waals surface area contributed by atoms with Gasteiger partial charge in [-0.25, -0.2) is 15.3 Å². The number of nitrogens with one attached hydrogen (secondary N) is 1. The number of pyridine rings is 2. The van der Waals surface area contributed by atoms with Crippen LogP contribution in [0.15, 0.2) is 24.5 Å². The predicted molar refractivity (Wildman–Crippen MR) is 72.3 cm³/mol. The molecule has 0 saturated carbocycles. The average Bonchev–Trinajstić information content (AvgIpc) is 2.47. The summed E-state index contributed by atoms with van der Waals surface area (Å²) in [5.41, 5.74) is 3.18. The fourth-order valence-corrected chi connectivity index (χ4v) is 2.00. The Morgan fingerprint density at radius 1 is 1.40 bits per heavy atom. The maximum Gasteiger partial charge on any atom is 0.344 e. The molecule has 2 aromatic heterocycles. The van der Waals surface area contributed by atoms with Gasteiger partial charge in [0.2, 0.25) is 0 Å². The first-order valence-corrected chi connectivity index (χ1v) is 5.74. The summed E-state index contributed by atoms with van der Waals surface area (Å²) in [7, 11) is 1.48. The van der Waals surface area contributed by atoms with E-state index < -0.39 is 5.97 Å². The zero-order valence-electron chi connectivity index (χ0n) is 10.5. The molecule has 0 bridgehead atoms. The molecule has 2 N–H and O–H groups in total. The van der Waals surface area contributed by atoms with E-state index >= 15 is 0 Å². The number of aromatic carboxylic acids is 1. The van der Waals surface area contributed by atoms with Gasteiger partial charge >= 0.3 is 5.97 Å². The summed E-state index contributed by atoms with van der Waals surface area (Å²) in [5.74, 6) is -0.578. The number of rotatable bonds is 3. The van der Waals surface area contributed by atoms with E-state index in [9.17, 15) is 4.79 Å². The Morgan fingerprint density at radius 3 is 3.00 bits per heavy atom. The van der Waals surface area contributed by atoms with E-state index in [1.54, 1.807) is 18.5 Å². The van der Waals surface area contributed by atoms with Gasteiger partial charge in [-0.05, 0) is 12.1 Å². The molecule has 6 heteroatoms. The molecule has 0 saturated heterocycles. The number of fused-ring (bicyclic) bond motifs is 3. The number of aromatic nitrogens is 2. The molecule has 0 radical (unpaired) electrons. The van der Waals surface area contributed by atoms with Crippen molar-refractivity contribution in [1.82, 2.24) is 9.97 Å². The molecule has 3 aromatic rings. The van der Waals surface area contributed by atoms with E-state index in [2.05, 4.69) is 27.6 Å². The Hall–Kier alpha value is -2.91. The lowest BCUT2D eigenvalue weighted by Crippen LogP contribution is -2.01. The molecule has 98 valence electrons. The van der Waals surface area contributed by atoms with Gasteiger partial charge in [-0.3, -0.25) is 9.82 Å². The van der Waals surface area contributed by atoms with Crippen LogP contribution in [0.3, 0.4) is 0 Å². The van der Waals surface area contributed by atoms with Gasteiger partial charge in [0.15, 0.2) is 5.82 Å². The highest BCUT2D eigenvalue weighted by atomic mass is 16.6. The topological polar surface area (TPSA) is 84.3 Å². The molecule has 0 amide bonds. The molecule has 2 heterocycles. The maximum atomic E-state index is 11.0. The van der Waals surface area contributed by atoms with Gasteiger partial charge in [-0.1, -0.05) is 12.1 Å². The van der Waals surface area contributed by atoms with Crippen molar-refractivity contribution in [3.8, 4) is 0 Å². The predicted octanol–water partition coefficient (Wildman–Crippen LogP) is 2.05. The van der Waals surface area contributed by atoms with Crippen molar-refractivity contribution in [1.29, 1.82) is 0 Å². The highest BCUT2D eigenvalue weighted by molar-refractivity contribution is 6.09. The highest BCUT2D eigenvalue weighted by Crippen LogP contribution is 2.27. The second-order valence-electron chi connectivity index (χ2n) is 4.06. The molecular weight excluding hydrogens is 258 g/mol. The molecule has 0 spiro atoms. The number of carboxylic acid groups (broad SMARTS) is 1. The highest BCUT2D eigenvalue weighted by Gasteiger charge is 2.10. The SMILES string of the molecule is CONc1nc2cc(C(=O)O)c#cc2c2cnccc12. The van der Waals surface area contributed by atoms with Crippen LogP contribution in [0, 0.1) is 12.1 Å². The van der Waals surface area contributed by atoms with E-state index in [-0.39, 0.29) is 5.56 Å². The van der Waals surface area contributed by atoms with Crippen LogP contribution in [-0.4, -0.2) is 28.2 Å². The normalized spacial score (nSPS) is 10.4. The Labute approximate surface area is 114 Å². The van der Waals surface area contributed by atoms with Crippen LogP contribution in [0.25, 0.3) is 21.7 Å². The lowest BCUT2D eigenvalue weighted by atomic mass is 10.1. The zero-order chi connectivity index (χ0) is 14.1. The maximum absolute atomic E-state index is 11.0. The first-order chi connectivity index (χ1) is 9.70. The van der Waals surface area contributed by atoms with Gasteiger partial charge in [0.1, 0.15) is 5.56 Å². The van der Waals surface area contributed by atoms with Gasteiger partial charge in [0, 0.05) is 23.2 Å². The second-order valence-corrected chi connectivity index (χ2v) is 4.06. The van der Waals surface area contributed by atoms with Crippen LogP contribution in [0.2, 0.25) is 0 Å².